The molecule has 2 unspecified atom stereocenters. The van der Waals surface area contributed by atoms with Crippen LogP contribution in [0.5, 0.6) is 5.75 Å². The fraction of sp³-hybridized carbons (Fsp3) is 0.467. The van der Waals surface area contributed by atoms with Crippen LogP contribution in [-0.2, 0) is 16.0 Å². The van der Waals surface area contributed by atoms with E-state index in [1.54, 1.807) is 13.8 Å². The minimum atomic E-state index is -4.87. The number of aliphatic carboxylic acids is 1. The van der Waals surface area contributed by atoms with E-state index in [1.165, 1.54) is 18.2 Å². The highest BCUT2D eigenvalue weighted by molar-refractivity contribution is 5.85. The average molecular weight is 333 g/mol. The molecule has 1 rings (SSSR count). The molecule has 0 saturated heterocycles. The van der Waals surface area contributed by atoms with E-state index in [0.29, 0.717) is 6.42 Å². The molecule has 0 radical (unpaired) electrons. The number of carboxylic acid groups (broad SMARTS) is 1. The standard InChI is InChI=1S/C15H18F3NO4/c1-3-9(2)13(14(21)22)19-12(20)8-10-6-4-5-7-11(10)23-15(16,17)18/h4-7,9,13H,3,8H2,1-2H3,(H,19,20)(H,21,22). The smallest absolute Gasteiger partial charge is 0.480 e. The van der Waals surface area contributed by atoms with Gasteiger partial charge in [-0.05, 0) is 12.0 Å². The Kier molecular flexibility index (Phi) is 6.41. The lowest BCUT2D eigenvalue weighted by molar-refractivity contribution is -0.274. The van der Waals surface area contributed by atoms with Gasteiger partial charge in [0.15, 0.2) is 0 Å². The Bertz CT molecular complexity index is 560. The van der Waals surface area contributed by atoms with Crippen molar-refractivity contribution in [2.45, 2.75) is 39.1 Å². The van der Waals surface area contributed by atoms with E-state index in [9.17, 15) is 22.8 Å². The largest absolute Gasteiger partial charge is 0.573 e. The third-order valence-corrected chi connectivity index (χ3v) is 3.34. The lowest BCUT2D eigenvalue weighted by atomic mass is 9.99. The second-order valence-corrected chi connectivity index (χ2v) is 5.10. The molecule has 0 aliphatic rings. The van der Waals surface area contributed by atoms with Crippen molar-refractivity contribution in [1.82, 2.24) is 5.32 Å². The zero-order valence-corrected chi connectivity index (χ0v) is 12.7. The predicted molar refractivity (Wildman–Crippen MR) is 75.9 cm³/mol. The molecular weight excluding hydrogens is 315 g/mol. The van der Waals surface area contributed by atoms with Gasteiger partial charge in [-0.2, -0.15) is 0 Å². The number of ether oxygens (including phenoxy) is 1. The van der Waals surface area contributed by atoms with E-state index in [-0.39, 0.29) is 11.5 Å². The van der Waals surface area contributed by atoms with Crippen molar-refractivity contribution in [3.05, 3.63) is 29.8 Å². The van der Waals surface area contributed by atoms with E-state index in [1.807, 2.05) is 0 Å². The summed E-state index contributed by atoms with van der Waals surface area (Å²) in [5.74, 6) is -2.66. The van der Waals surface area contributed by atoms with Crippen LogP contribution in [0.15, 0.2) is 24.3 Å². The molecule has 2 atom stereocenters. The van der Waals surface area contributed by atoms with Gasteiger partial charge in [0.05, 0.1) is 6.42 Å². The number of hydrogen-bond donors (Lipinski definition) is 2. The molecule has 1 amide bonds. The summed E-state index contributed by atoms with van der Waals surface area (Å²) in [7, 11) is 0. The van der Waals surface area contributed by atoms with E-state index in [0.717, 1.165) is 6.07 Å². The number of carbonyl (C=O) groups is 2. The summed E-state index contributed by atoms with van der Waals surface area (Å²) in [5, 5.41) is 11.4. The molecule has 0 saturated carbocycles. The second-order valence-electron chi connectivity index (χ2n) is 5.10. The summed E-state index contributed by atoms with van der Waals surface area (Å²) >= 11 is 0. The van der Waals surface area contributed by atoms with Crippen molar-refractivity contribution in [1.29, 1.82) is 0 Å². The zero-order valence-electron chi connectivity index (χ0n) is 12.7. The van der Waals surface area contributed by atoms with Crippen LogP contribution >= 0.6 is 0 Å². The highest BCUT2D eigenvalue weighted by Gasteiger charge is 2.32. The molecule has 1 aromatic rings. The minimum Gasteiger partial charge on any atom is -0.480 e. The topological polar surface area (TPSA) is 75.6 Å². The number of para-hydroxylation sites is 1. The van der Waals surface area contributed by atoms with Crippen LogP contribution in [0.1, 0.15) is 25.8 Å². The number of halogens is 3. The number of alkyl halides is 3. The summed E-state index contributed by atoms with van der Waals surface area (Å²) in [6.07, 6.45) is -4.75. The van der Waals surface area contributed by atoms with Gasteiger partial charge in [0.2, 0.25) is 5.91 Å². The highest BCUT2D eigenvalue weighted by Crippen LogP contribution is 2.26. The van der Waals surface area contributed by atoms with E-state index in [2.05, 4.69) is 10.1 Å². The second kappa shape index (κ2) is 7.85. The fourth-order valence-corrected chi connectivity index (χ4v) is 1.95. The van der Waals surface area contributed by atoms with Gasteiger partial charge >= 0.3 is 12.3 Å². The van der Waals surface area contributed by atoms with Gasteiger partial charge in [0, 0.05) is 5.56 Å². The maximum absolute atomic E-state index is 12.3. The van der Waals surface area contributed by atoms with Crippen molar-refractivity contribution < 1.29 is 32.6 Å². The highest BCUT2D eigenvalue weighted by atomic mass is 19.4. The maximum atomic E-state index is 12.3. The number of hydrogen-bond acceptors (Lipinski definition) is 3. The molecule has 0 aliphatic heterocycles. The summed E-state index contributed by atoms with van der Waals surface area (Å²) in [6.45, 7) is 3.44. The van der Waals surface area contributed by atoms with Crippen LogP contribution in [-0.4, -0.2) is 29.4 Å². The molecule has 23 heavy (non-hydrogen) atoms. The van der Waals surface area contributed by atoms with Crippen LogP contribution in [0.4, 0.5) is 13.2 Å². The molecule has 1 aromatic carbocycles. The predicted octanol–water partition coefficient (Wildman–Crippen LogP) is 2.74. The quantitative estimate of drug-likeness (QED) is 0.804. The number of rotatable bonds is 7. The first-order valence-corrected chi connectivity index (χ1v) is 6.99. The molecule has 0 bridgehead atoms. The van der Waals surface area contributed by atoms with Crippen LogP contribution in [0, 0.1) is 5.92 Å². The summed E-state index contributed by atoms with van der Waals surface area (Å²) in [5.41, 5.74) is 0.0237. The van der Waals surface area contributed by atoms with Crippen LogP contribution in [0.25, 0.3) is 0 Å². The summed E-state index contributed by atoms with van der Waals surface area (Å²) in [4.78, 5) is 23.1. The van der Waals surface area contributed by atoms with E-state index >= 15 is 0 Å². The van der Waals surface area contributed by atoms with Crippen LogP contribution < -0.4 is 10.1 Å². The average Bonchev–Trinajstić information content (AvgIpc) is 2.44. The Balaban J connectivity index is 2.83. The molecule has 0 aromatic heterocycles. The molecule has 0 spiro atoms. The van der Waals surface area contributed by atoms with Crippen molar-refractivity contribution in [2.75, 3.05) is 0 Å². The molecule has 0 aliphatic carbocycles. The van der Waals surface area contributed by atoms with Crippen molar-refractivity contribution in [3.63, 3.8) is 0 Å². The van der Waals surface area contributed by atoms with Gasteiger partial charge in [0.1, 0.15) is 11.8 Å². The monoisotopic (exact) mass is 333 g/mol. The molecule has 128 valence electrons. The lowest BCUT2D eigenvalue weighted by Crippen LogP contribution is -2.45. The SMILES string of the molecule is CCC(C)C(NC(=O)Cc1ccccc1OC(F)(F)F)C(=O)O. The number of carboxylic acids is 1. The number of benzene rings is 1. The van der Waals surface area contributed by atoms with Crippen LogP contribution in [0.3, 0.4) is 0 Å². The zero-order chi connectivity index (χ0) is 17.6. The Labute approximate surface area is 131 Å². The first-order chi connectivity index (χ1) is 10.6. The van der Waals surface area contributed by atoms with Crippen molar-refractivity contribution in [2.24, 2.45) is 5.92 Å². The molecule has 2 N–H and O–H groups in total. The van der Waals surface area contributed by atoms with Gasteiger partial charge in [-0.15, -0.1) is 13.2 Å². The van der Waals surface area contributed by atoms with E-state index < -0.39 is 36.5 Å². The molecule has 0 fully saturated rings. The number of carbonyl (C=O) groups excluding carboxylic acids is 1. The minimum absolute atomic E-state index is 0.0237. The van der Waals surface area contributed by atoms with Gasteiger partial charge < -0.3 is 15.2 Å². The molecular formula is C15H18F3NO4. The van der Waals surface area contributed by atoms with Crippen molar-refractivity contribution >= 4 is 11.9 Å². The number of nitrogens with one attached hydrogen (secondary N) is 1. The van der Waals surface area contributed by atoms with Crippen LogP contribution in [0.2, 0.25) is 0 Å². The Morgan fingerprint density at radius 3 is 2.43 bits per heavy atom. The third-order valence-electron chi connectivity index (χ3n) is 3.34. The van der Waals surface area contributed by atoms with Gasteiger partial charge in [-0.1, -0.05) is 38.5 Å². The summed E-state index contributed by atoms with van der Waals surface area (Å²) in [6, 6.07) is 4.14. The third kappa shape index (κ3) is 6.17. The molecule has 8 heteroatoms. The first kappa shape index (κ1) is 18.8. The van der Waals surface area contributed by atoms with Gasteiger partial charge in [0.25, 0.3) is 0 Å². The van der Waals surface area contributed by atoms with Gasteiger partial charge in [-0.3, -0.25) is 4.79 Å². The molecule has 0 heterocycles. The summed E-state index contributed by atoms with van der Waals surface area (Å²) < 4.78 is 40.8. The number of amides is 1. The first-order valence-electron chi connectivity index (χ1n) is 6.99. The van der Waals surface area contributed by atoms with Crippen molar-refractivity contribution in [3.8, 4) is 5.75 Å². The fourth-order valence-electron chi connectivity index (χ4n) is 1.95. The Morgan fingerprint density at radius 1 is 1.30 bits per heavy atom. The normalized spacial score (nSPS) is 14.0. The lowest BCUT2D eigenvalue weighted by Gasteiger charge is -2.20. The van der Waals surface area contributed by atoms with E-state index in [4.69, 9.17) is 5.11 Å². The maximum Gasteiger partial charge on any atom is 0.573 e. The van der Waals surface area contributed by atoms with Gasteiger partial charge in [-0.25, -0.2) is 4.79 Å². The molecule has 5 nitrogen and oxygen atoms in total. The Hall–Kier alpha value is -2.25. The Morgan fingerprint density at radius 2 is 1.91 bits per heavy atom.